The Morgan fingerprint density at radius 1 is 1.58 bits per heavy atom. The number of nitrogens with one attached hydrogen (secondary N) is 1. The number of hydrogen-bond acceptors (Lipinski definition) is 2. The van der Waals surface area contributed by atoms with E-state index >= 15 is 0 Å². The first kappa shape index (κ1) is 13.4. The molecule has 0 aromatic heterocycles. The van der Waals surface area contributed by atoms with Crippen LogP contribution in [0, 0.1) is 12.3 Å². The van der Waals surface area contributed by atoms with Gasteiger partial charge in [-0.3, -0.25) is 9.59 Å². The van der Waals surface area contributed by atoms with Gasteiger partial charge in [0.1, 0.15) is 11.9 Å². The third-order valence-electron chi connectivity index (χ3n) is 2.99. The van der Waals surface area contributed by atoms with Gasteiger partial charge < -0.3 is 10.2 Å². The Bertz CT molecular complexity index is 551. The molecule has 1 aliphatic heterocycles. The third kappa shape index (κ3) is 2.88. The summed E-state index contributed by atoms with van der Waals surface area (Å²) in [5.41, 5.74) is 1.47. The van der Waals surface area contributed by atoms with Crippen LogP contribution in [0.2, 0.25) is 0 Å². The van der Waals surface area contributed by atoms with Crippen LogP contribution in [0.25, 0.3) is 0 Å². The number of amides is 2. The number of terminal acetylenes is 1. The minimum atomic E-state index is -0.499. The molecule has 0 bridgehead atoms. The van der Waals surface area contributed by atoms with E-state index in [4.69, 9.17) is 18.0 Å². The molecule has 4 nitrogen and oxygen atoms in total. The third-order valence-corrected chi connectivity index (χ3v) is 3.23. The zero-order valence-corrected chi connectivity index (χ0v) is 11.0. The molecule has 1 N–H and O–H groups in total. The molecular weight excluding hydrogens is 264 g/mol. The molecule has 0 aliphatic carbocycles. The molecule has 0 spiro atoms. The molecule has 1 fully saturated rings. The summed E-state index contributed by atoms with van der Waals surface area (Å²) in [4.78, 5) is 25.0. The lowest BCUT2D eigenvalue weighted by atomic mass is 10.2. The molecule has 98 valence electrons. The molecule has 1 aromatic rings. The minimum absolute atomic E-state index is 0.132. The summed E-state index contributed by atoms with van der Waals surface area (Å²) >= 11 is 5.41. The van der Waals surface area contributed by atoms with Crippen LogP contribution in [-0.2, 0) is 9.59 Å². The van der Waals surface area contributed by atoms with E-state index in [1.54, 1.807) is 17.0 Å². The molecule has 0 radical (unpaired) electrons. The number of carbonyl (C=O) groups is 2. The van der Waals surface area contributed by atoms with Crippen molar-refractivity contribution < 1.29 is 9.59 Å². The molecule has 2 amide bonds. The van der Waals surface area contributed by atoms with Crippen LogP contribution < -0.4 is 10.2 Å². The van der Waals surface area contributed by atoms with Crippen molar-refractivity contribution in [2.75, 3.05) is 17.3 Å². The van der Waals surface area contributed by atoms with Gasteiger partial charge in [-0.15, -0.1) is 18.0 Å². The fourth-order valence-electron chi connectivity index (χ4n) is 2.07. The largest absolute Gasteiger partial charge is 0.343 e. The number of alkyl halides is 1. The van der Waals surface area contributed by atoms with E-state index in [1.807, 2.05) is 12.1 Å². The Hall–Kier alpha value is -1.99. The average Bonchev–Trinajstić information content (AvgIpc) is 2.80. The van der Waals surface area contributed by atoms with Crippen molar-refractivity contribution in [3.63, 3.8) is 0 Å². The van der Waals surface area contributed by atoms with Crippen LogP contribution in [0.1, 0.15) is 12.0 Å². The van der Waals surface area contributed by atoms with Crippen LogP contribution >= 0.6 is 11.6 Å². The Morgan fingerprint density at radius 3 is 3.05 bits per heavy atom. The van der Waals surface area contributed by atoms with Gasteiger partial charge in [0.15, 0.2) is 0 Å². The Morgan fingerprint density at radius 2 is 2.37 bits per heavy atom. The summed E-state index contributed by atoms with van der Waals surface area (Å²) in [5.74, 6) is 1.92. The van der Waals surface area contributed by atoms with Crippen molar-refractivity contribution in [2.24, 2.45) is 0 Å². The number of halogens is 1. The molecular formula is C14H13ClN2O2. The Balaban J connectivity index is 2.13. The van der Waals surface area contributed by atoms with E-state index in [0.29, 0.717) is 13.0 Å². The number of hydrogen-bond donors (Lipinski definition) is 1. The smallest absolute Gasteiger partial charge is 0.249 e. The molecule has 2 rings (SSSR count). The van der Waals surface area contributed by atoms with Crippen molar-refractivity contribution >= 4 is 29.1 Å². The second-order valence-electron chi connectivity index (χ2n) is 4.23. The van der Waals surface area contributed by atoms with Crippen molar-refractivity contribution in [2.45, 2.75) is 12.5 Å². The van der Waals surface area contributed by atoms with Crippen LogP contribution in [0.4, 0.5) is 5.69 Å². The fourth-order valence-corrected chi connectivity index (χ4v) is 2.14. The summed E-state index contributed by atoms with van der Waals surface area (Å²) in [6, 6.07) is 6.72. The van der Waals surface area contributed by atoms with E-state index in [2.05, 4.69) is 11.2 Å². The standard InChI is InChI=1S/C14H13ClN2O2/c1-2-10-4-3-5-11(8-10)17-7-6-12(14(17)19)16-13(18)9-15/h1,3-5,8,12H,6-7,9H2,(H,16,18). The topological polar surface area (TPSA) is 49.4 Å². The predicted molar refractivity (Wildman–Crippen MR) is 74.0 cm³/mol. The summed E-state index contributed by atoms with van der Waals surface area (Å²) < 4.78 is 0. The normalized spacial score (nSPS) is 18.2. The molecule has 0 saturated carbocycles. The minimum Gasteiger partial charge on any atom is -0.343 e. The highest BCUT2D eigenvalue weighted by Crippen LogP contribution is 2.22. The van der Waals surface area contributed by atoms with Gasteiger partial charge >= 0.3 is 0 Å². The van der Waals surface area contributed by atoms with Crippen molar-refractivity contribution in [3.8, 4) is 12.3 Å². The van der Waals surface area contributed by atoms with Gasteiger partial charge in [0.25, 0.3) is 0 Å². The Labute approximate surface area is 116 Å². The average molecular weight is 277 g/mol. The van der Waals surface area contributed by atoms with E-state index < -0.39 is 6.04 Å². The lowest BCUT2D eigenvalue weighted by molar-refractivity contribution is -0.125. The lowest BCUT2D eigenvalue weighted by Crippen LogP contribution is -2.42. The summed E-state index contributed by atoms with van der Waals surface area (Å²) in [5, 5.41) is 2.60. The van der Waals surface area contributed by atoms with Gasteiger partial charge in [0, 0.05) is 17.8 Å². The lowest BCUT2D eigenvalue weighted by Gasteiger charge is -2.17. The predicted octanol–water partition coefficient (Wildman–Crippen LogP) is 1.13. The highest BCUT2D eigenvalue weighted by Gasteiger charge is 2.33. The number of carbonyl (C=O) groups excluding carboxylic acids is 2. The molecule has 1 aliphatic rings. The summed E-state index contributed by atoms with van der Waals surface area (Å²) in [6.45, 7) is 0.556. The highest BCUT2D eigenvalue weighted by molar-refractivity contribution is 6.27. The van der Waals surface area contributed by atoms with Gasteiger partial charge in [-0.1, -0.05) is 12.0 Å². The van der Waals surface area contributed by atoms with E-state index in [-0.39, 0.29) is 17.7 Å². The maximum absolute atomic E-state index is 12.2. The van der Waals surface area contributed by atoms with E-state index in [1.165, 1.54) is 0 Å². The van der Waals surface area contributed by atoms with Crippen LogP contribution in [-0.4, -0.2) is 30.3 Å². The maximum Gasteiger partial charge on any atom is 0.249 e. The second kappa shape index (κ2) is 5.77. The SMILES string of the molecule is C#Cc1cccc(N2CCC(NC(=O)CCl)C2=O)c1. The van der Waals surface area contributed by atoms with Gasteiger partial charge in [-0.05, 0) is 24.6 Å². The summed E-state index contributed by atoms with van der Waals surface area (Å²) in [6.07, 6.45) is 5.91. The van der Waals surface area contributed by atoms with E-state index in [9.17, 15) is 9.59 Å². The molecule has 1 unspecified atom stereocenters. The Kier molecular flexibility index (Phi) is 4.08. The second-order valence-corrected chi connectivity index (χ2v) is 4.49. The number of benzene rings is 1. The van der Waals surface area contributed by atoms with Crippen molar-refractivity contribution in [1.82, 2.24) is 5.32 Å². The first-order valence-corrected chi connectivity index (χ1v) is 6.42. The monoisotopic (exact) mass is 276 g/mol. The van der Waals surface area contributed by atoms with Gasteiger partial charge in [-0.2, -0.15) is 0 Å². The van der Waals surface area contributed by atoms with Crippen LogP contribution in [0.3, 0.4) is 0 Å². The van der Waals surface area contributed by atoms with Crippen molar-refractivity contribution in [3.05, 3.63) is 29.8 Å². The molecule has 19 heavy (non-hydrogen) atoms. The zero-order chi connectivity index (χ0) is 13.8. The van der Waals surface area contributed by atoms with Crippen LogP contribution in [0.15, 0.2) is 24.3 Å². The number of nitrogens with zero attached hydrogens (tertiary/aromatic N) is 1. The molecule has 5 heteroatoms. The van der Waals surface area contributed by atoms with Crippen molar-refractivity contribution in [1.29, 1.82) is 0 Å². The molecule has 1 saturated heterocycles. The zero-order valence-electron chi connectivity index (χ0n) is 10.2. The first-order chi connectivity index (χ1) is 9.15. The molecule has 1 aromatic carbocycles. The summed E-state index contributed by atoms with van der Waals surface area (Å²) in [7, 11) is 0. The van der Waals surface area contributed by atoms with Crippen LogP contribution in [0.5, 0.6) is 0 Å². The van der Waals surface area contributed by atoms with Gasteiger partial charge in [-0.25, -0.2) is 0 Å². The van der Waals surface area contributed by atoms with Gasteiger partial charge in [0.2, 0.25) is 11.8 Å². The first-order valence-electron chi connectivity index (χ1n) is 5.89. The molecule has 1 heterocycles. The van der Waals surface area contributed by atoms with E-state index in [0.717, 1.165) is 11.3 Å². The molecule has 1 atom stereocenters. The number of rotatable bonds is 3. The maximum atomic E-state index is 12.2. The quantitative estimate of drug-likeness (QED) is 0.665. The fraction of sp³-hybridized carbons (Fsp3) is 0.286. The van der Waals surface area contributed by atoms with Gasteiger partial charge in [0.05, 0.1) is 0 Å². The number of anilines is 1. The highest BCUT2D eigenvalue weighted by atomic mass is 35.5.